The van der Waals surface area contributed by atoms with Gasteiger partial charge in [-0.1, -0.05) is 41.5 Å². The fourth-order valence-electron chi connectivity index (χ4n) is 3.50. The van der Waals surface area contributed by atoms with Gasteiger partial charge >= 0.3 is 0 Å². The summed E-state index contributed by atoms with van der Waals surface area (Å²) in [5.41, 5.74) is 13.9. The number of para-hydroxylation sites is 2. The largest absolute Gasteiger partial charge is 0.278 e. The van der Waals surface area contributed by atoms with Crippen molar-refractivity contribution in [3.8, 4) is 5.69 Å². The molecule has 33 heavy (non-hydrogen) atoms. The Labute approximate surface area is 187 Å². The first-order valence-electron chi connectivity index (χ1n) is 9.84. The van der Waals surface area contributed by atoms with Gasteiger partial charge in [0.05, 0.1) is 33.1 Å². The van der Waals surface area contributed by atoms with Crippen LogP contribution in [0.2, 0.25) is 0 Å². The average Bonchev–Trinajstić information content (AvgIpc) is 2.83. The van der Waals surface area contributed by atoms with Crippen molar-refractivity contribution in [2.24, 2.45) is 10.2 Å². The lowest BCUT2D eigenvalue weighted by atomic mass is 10.1. The summed E-state index contributed by atoms with van der Waals surface area (Å²) in [7, 11) is 0. The zero-order chi connectivity index (χ0) is 23.4. The molecule has 0 radical (unpaired) electrons. The number of hydrogen-bond donors (Lipinski definition) is 1. The summed E-state index contributed by atoms with van der Waals surface area (Å²) in [5, 5.41) is 19.5. The van der Waals surface area contributed by atoms with E-state index in [1.165, 1.54) is 24.3 Å². The highest BCUT2D eigenvalue weighted by molar-refractivity contribution is 6.09. The molecule has 4 rings (SSSR count). The molecule has 0 atom stereocenters. The number of nitro groups is 1. The highest BCUT2D eigenvalue weighted by Gasteiger charge is 2.19. The van der Waals surface area contributed by atoms with Crippen LogP contribution in [0.5, 0.6) is 0 Å². The molecule has 0 aliphatic carbocycles. The lowest BCUT2D eigenvalue weighted by molar-refractivity contribution is -0.384. The predicted molar refractivity (Wildman–Crippen MR) is 127 cm³/mol. The van der Waals surface area contributed by atoms with E-state index < -0.39 is 10.5 Å². The molecule has 1 aromatic heterocycles. The van der Waals surface area contributed by atoms with Crippen molar-refractivity contribution in [2.45, 2.75) is 6.92 Å². The van der Waals surface area contributed by atoms with Crippen molar-refractivity contribution in [3.63, 3.8) is 0 Å². The summed E-state index contributed by atoms with van der Waals surface area (Å²) < 4.78 is 1.55. The van der Waals surface area contributed by atoms with Gasteiger partial charge in [-0.15, -0.1) is 0 Å². The number of nitro benzene ring substituents is 1. The molecule has 0 aliphatic heterocycles. The van der Waals surface area contributed by atoms with Gasteiger partial charge in [0.2, 0.25) is 0 Å². The van der Waals surface area contributed by atoms with Crippen molar-refractivity contribution >= 4 is 33.7 Å². The number of rotatable bonds is 6. The first kappa shape index (κ1) is 21.3. The van der Waals surface area contributed by atoms with Crippen LogP contribution in [0, 0.1) is 10.1 Å². The number of benzene rings is 3. The lowest BCUT2D eigenvalue weighted by Gasteiger charge is -2.16. The molecule has 10 nitrogen and oxygen atoms in total. The summed E-state index contributed by atoms with van der Waals surface area (Å²) in [5.74, 6) is 0. The minimum atomic E-state index is -0.494. The van der Waals surface area contributed by atoms with E-state index in [9.17, 15) is 20.4 Å². The molecule has 0 bridgehead atoms. The summed E-state index contributed by atoms with van der Waals surface area (Å²) in [6.07, 6.45) is 0. The summed E-state index contributed by atoms with van der Waals surface area (Å²) >= 11 is 0. The standard InChI is InChI=1S/C23H17N7O3/c1-15(25-26-16-11-13-18(14-12-16)30(32)33)21-22(27-28-24)19-9-5-6-10-20(19)29(23(21)31)17-7-3-2-4-8-17/h2-14,26H,1H3/b25-15+. The molecule has 0 saturated heterocycles. The Kier molecular flexibility index (Phi) is 5.83. The van der Waals surface area contributed by atoms with Crippen LogP contribution in [0.3, 0.4) is 0 Å². The Balaban J connectivity index is 1.90. The van der Waals surface area contributed by atoms with Crippen molar-refractivity contribution in [3.05, 3.63) is 115 Å². The van der Waals surface area contributed by atoms with Gasteiger partial charge in [-0.2, -0.15) is 5.10 Å². The van der Waals surface area contributed by atoms with E-state index in [1.807, 2.05) is 30.3 Å². The number of azide groups is 1. The van der Waals surface area contributed by atoms with Crippen LogP contribution in [0.4, 0.5) is 17.1 Å². The van der Waals surface area contributed by atoms with Gasteiger partial charge in [-0.25, -0.2) is 0 Å². The second kappa shape index (κ2) is 9.04. The number of nitrogens with zero attached hydrogens (tertiary/aromatic N) is 6. The fourth-order valence-corrected chi connectivity index (χ4v) is 3.50. The van der Waals surface area contributed by atoms with E-state index in [4.69, 9.17) is 0 Å². The molecule has 0 saturated carbocycles. The molecule has 0 aliphatic rings. The van der Waals surface area contributed by atoms with Gasteiger partial charge < -0.3 is 0 Å². The molecule has 1 heterocycles. The fraction of sp³-hybridized carbons (Fsp3) is 0.0435. The molecule has 3 aromatic carbocycles. The first-order valence-corrected chi connectivity index (χ1v) is 9.84. The molecule has 4 aromatic rings. The van der Waals surface area contributed by atoms with E-state index in [2.05, 4.69) is 20.6 Å². The maximum Gasteiger partial charge on any atom is 0.269 e. The van der Waals surface area contributed by atoms with E-state index in [0.717, 1.165) is 0 Å². The smallest absolute Gasteiger partial charge is 0.269 e. The van der Waals surface area contributed by atoms with Crippen molar-refractivity contribution in [1.29, 1.82) is 0 Å². The van der Waals surface area contributed by atoms with Crippen LogP contribution >= 0.6 is 0 Å². The number of fused-ring (bicyclic) bond motifs is 1. The number of hydrogen-bond acceptors (Lipinski definition) is 6. The Morgan fingerprint density at radius 1 is 1.03 bits per heavy atom. The molecular formula is C23H17N7O3. The quantitative estimate of drug-likeness (QED) is 0.103. The average molecular weight is 439 g/mol. The molecule has 0 fully saturated rings. The number of non-ortho nitro benzene ring substituents is 1. The third kappa shape index (κ3) is 4.14. The van der Waals surface area contributed by atoms with Gasteiger partial charge in [0.15, 0.2) is 0 Å². The van der Waals surface area contributed by atoms with Crippen molar-refractivity contribution in [1.82, 2.24) is 4.57 Å². The van der Waals surface area contributed by atoms with Gasteiger partial charge in [-0.3, -0.25) is 24.9 Å². The molecule has 162 valence electrons. The SMILES string of the molecule is C/C(=N\Nc1ccc([N+](=O)[O-])cc1)c1c(N=[N+]=[N-])c2ccccc2n(-c2ccccc2)c1=O. The van der Waals surface area contributed by atoms with Crippen LogP contribution in [0.15, 0.2) is 93.9 Å². The predicted octanol–water partition coefficient (Wildman–Crippen LogP) is 5.68. The van der Waals surface area contributed by atoms with Gasteiger partial charge in [0.1, 0.15) is 0 Å². The normalized spacial score (nSPS) is 11.1. The maximum absolute atomic E-state index is 13.6. The summed E-state index contributed by atoms with van der Waals surface area (Å²) in [4.78, 5) is 26.9. The number of pyridine rings is 1. The van der Waals surface area contributed by atoms with Gasteiger partial charge in [0, 0.05) is 28.1 Å². The zero-order valence-corrected chi connectivity index (χ0v) is 17.4. The van der Waals surface area contributed by atoms with Crippen LogP contribution in [-0.2, 0) is 0 Å². The Morgan fingerprint density at radius 2 is 1.70 bits per heavy atom. The lowest BCUT2D eigenvalue weighted by Crippen LogP contribution is -2.25. The van der Waals surface area contributed by atoms with E-state index in [1.54, 1.807) is 35.8 Å². The number of hydrazone groups is 1. The minimum absolute atomic E-state index is 0.0489. The maximum atomic E-state index is 13.6. The zero-order valence-electron chi connectivity index (χ0n) is 17.4. The second-order valence-corrected chi connectivity index (χ2v) is 7.02. The van der Waals surface area contributed by atoms with E-state index in [0.29, 0.717) is 22.3 Å². The van der Waals surface area contributed by atoms with Crippen LogP contribution < -0.4 is 11.0 Å². The van der Waals surface area contributed by atoms with Crippen LogP contribution in [-0.4, -0.2) is 15.2 Å². The summed E-state index contributed by atoms with van der Waals surface area (Å²) in [6.45, 7) is 1.62. The number of aromatic nitrogens is 1. The third-order valence-corrected chi connectivity index (χ3v) is 5.01. The highest BCUT2D eigenvalue weighted by atomic mass is 16.6. The van der Waals surface area contributed by atoms with E-state index >= 15 is 0 Å². The number of nitrogens with one attached hydrogen (secondary N) is 1. The second-order valence-electron chi connectivity index (χ2n) is 7.02. The molecule has 1 N–H and O–H groups in total. The van der Waals surface area contributed by atoms with Gasteiger partial charge in [0.25, 0.3) is 11.2 Å². The Bertz CT molecular complexity index is 1490. The molecule has 10 heteroatoms. The Hall–Kier alpha value is -4.95. The monoisotopic (exact) mass is 439 g/mol. The van der Waals surface area contributed by atoms with Crippen LogP contribution in [0.25, 0.3) is 27.0 Å². The topological polar surface area (TPSA) is 138 Å². The third-order valence-electron chi connectivity index (χ3n) is 5.01. The molecule has 0 unspecified atom stereocenters. The highest BCUT2D eigenvalue weighted by Crippen LogP contribution is 2.30. The number of anilines is 1. The van der Waals surface area contributed by atoms with Gasteiger partial charge in [-0.05, 0) is 42.8 Å². The first-order chi connectivity index (χ1) is 16.0. The summed E-state index contributed by atoms with van der Waals surface area (Å²) in [6, 6.07) is 22.0. The molecule has 0 spiro atoms. The van der Waals surface area contributed by atoms with E-state index in [-0.39, 0.29) is 22.6 Å². The van der Waals surface area contributed by atoms with Crippen molar-refractivity contribution in [2.75, 3.05) is 5.43 Å². The molecule has 0 amide bonds. The molecular weight excluding hydrogens is 422 g/mol. The van der Waals surface area contributed by atoms with Crippen molar-refractivity contribution < 1.29 is 4.92 Å². The van der Waals surface area contributed by atoms with Crippen LogP contribution in [0.1, 0.15) is 12.5 Å². The Morgan fingerprint density at radius 3 is 2.36 bits per heavy atom. The minimum Gasteiger partial charge on any atom is -0.278 e.